The van der Waals surface area contributed by atoms with Crippen molar-refractivity contribution in [1.29, 1.82) is 0 Å². The number of amides is 1. The van der Waals surface area contributed by atoms with Gasteiger partial charge < -0.3 is 14.1 Å². The second-order valence-corrected chi connectivity index (χ2v) is 20.2. The van der Waals surface area contributed by atoms with Crippen molar-refractivity contribution in [3.8, 4) is 0 Å². The summed E-state index contributed by atoms with van der Waals surface area (Å²) < 4.78 is 38.8. The molecular formula is C29H37NO6SSi. The van der Waals surface area contributed by atoms with E-state index in [-0.39, 0.29) is 10.9 Å². The van der Waals surface area contributed by atoms with Crippen LogP contribution in [-0.2, 0) is 28.6 Å². The summed E-state index contributed by atoms with van der Waals surface area (Å²) in [5.74, 6) is -1.04. The van der Waals surface area contributed by atoms with Gasteiger partial charge in [0, 0.05) is 0 Å². The Hall–Kier alpha value is -2.49. The second-order valence-electron chi connectivity index (χ2n) is 12.9. The molecule has 1 spiro atoms. The molecule has 2 aromatic rings. The van der Waals surface area contributed by atoms with E-state index < -0.39 is 57.9 Å². The average molecular weight is 556 g/mol. The zero-order valence-electron chi connectivity index (χ0n) is 23.1. The number of hydrogen-bond donors (Lipinski definition) is 0. The molecule has 1 unspecified atom stereocenters. The summed E-state index contributed by atoms with van der Waals surface area (Å²) in [5, 5.41) is -1.15. The van der Waals surface area contributed by atoms with Gasteiger partial charge in [0.15, 0.2) is 29.6 Å². The summed E-state index contributed by atoms with van der Waals surface area (Å²) in [6.45, 7) is 13.6. The topological polar surface area (TPSA) is 90.0 Å². The maximum atomic E-state index is 13.9. The van der Waals surface area contributed by atoms with Gasteiger partial charge in [-0.3, -0.25) is 4.79 Å². The third-order valence-corrected chi connectivity index (χ3v) is 16.5. The minimum Gasteiger partial charge on any atom is -0.451 e. The number of hydrogen-bond acceptors (Lipinski definition) is 6. The van der Waals surface area contributed by atoms with Crippen LogP contribution in [0, 0.1) is 5.41 Å². The second kappa shape index (κ2) is 8.50. The van der Waals surface area contributed by atoms with E-state index >= 15 is 0 Å². The lowest BCUT2D eigenvalue weighted by Gasteiger charge is -2.45. The molecule has 1 aliphatic carbocycles. The number of benzene rings is 2. The predicted molar refractivity (Wildman–Crippen MR) is 147 cm³/mol. The molecule has 1 amide bonds. The first-order chi connectivity index (χ1) is 17.6. The van der Waals surface area contributed by atoms with Gasteiger partial charge >= 0.3 is 5.97 Å². The van der Waals surface area contributed by atoms with Gasteiger partial charge in [0.25, 0.3) is 0 Å². The third kappa shape index (κ3) is 3.72. The molecule has 0 bridgehead atoms. The van der Waals surface area contributed by atoms with Gasteiger partial charge in [-0.05, 0) is 49.5 Å². The van der Waals surface area contributed by atoms with Gasteiger partial charge in [-0.15, -0.1) is 0 Å². The third-order valence-electron chi connectivity index (χ3n) is 9.13. The van der Waals surface area contributed by atoms with E-state index in [1.807, 2.05) is 60.7 Å². The van der Waals surface area contributed by atoms with Crippen LogP contribution in [0.1, 0.15) is 58.3 Å². The molecule has 5 rings (SSSR count). The maximum Gasteiger partial charge on any atom is 0.331 e. The highest BCUT2D eigenvalue weighted by atomic mass is 32.2. The van der Waals surface area contributed by atoms with E-state index in [4.69, 9.17) is 9.16 Å². The number of fused-ring (bicyclic) bond motifs is 2. The van der Waals surface area contributed by atoms with Crippen LogP contribution in [-0.4, -0.2) is 55.8 Å². The monoisotopic (exact) mass is 555 g/mol. The smallest absolute Gasteiger partial charge is 0.331 e. The molecular weight excluding hydrogens is 518 g/mol. The minimum absolute atomic E-state index is 0.0761. The van der Waals surface area contributed by atoms with Crippen molar-refractivity contribution < 1.29 is 27.2 Å². The molecule has 2 aliphatic heterocycles. The minimum atomic E-state index is -3.89. The number of rotatable bonds is 6. The van der Waals surface area contributed by atoms with Gasteiger partial charge in [0.2, 0.25) is 5.91 Å². The van der Waals surface area contributed by atoms with Gasteiger partial charge in [0.1, 0.15) is 11.5 Å². The largest absolute Gasteiger partial charge is 0.451 e. The number of ether oxygens (including phenoxy) is 1. The van der Waals surface area contributed by atoms with Crippen molar-refractivity contribution in [2.45, 2.75) is 87.5 Å². The molecule has 0 radical (unpaired) electrons. The molecule has 0 aromatic heterocycles. The number of sulfone groups is 1. The molecule has 7 nitrogen and oxygen atoms in total. The summed E-state index contributed by atoms with van der Waals surface area (Å²) >= 11 is 0. The molecule has 3 aliphatic rings. The van der Waals surface area contributed by atoms with Gasteiger partial charge in [-0.25, -0.2) is 13.2 Å². The number of nitrogens with zero attached hydrogens (tertiary/aromatic N) is 1. The maximum absolute atomic E-state index is 13.9. The number of carbonyl (C=O) groups is 2. The van der Waals surface area contributed by atoms with Crippen molar-refractivity contribution >= 4 is 30.0 Å². The van der Waals surface area contributed by atoms with E-state index in [1.165, 1.54) is 18.7 Å². The lowest BCUT2D eigenvalue weighted by Crippen LogP contribution is -2.67. The normalized spacial score (nSPS) is 29.2. The van der Waals surface area contributed by atoms with E-state index in [0.29, 0.717) is 6.42 Å². The van der Waals surface area contributed by atoms with Gasteiger partial charge in [-0.1, -0.05) is 81.4 Å². The Labute approximate surface area is 226 Å². The molecule has 0 N–H and O–H groups in total. The Kier molecular flexibility index (Phi) is 6.06. The Morgan fingerprint density at radius 3 is 1.97 bits per heavy atom. The zero-order chi connectivity index (χ0) is 27.9. The van der Waals surface area contributed by atoms with Crippen LogP contribution in [0.4, 0.5) is 0 Å². The summed E-state index contributed by atoms with van der Waals surface area (Å²) in [4.78, 5) is 28.8. The summed E-state index contributed by atoms with van der Waals surface area (Å²) in [7, 11) is -6.11. The molecule has 204 valence electrons. The Morgan fingerprint density at radius 1 is 1.00 bits per heavy atom. The summed E-state index contributed by atoms with van der Waals surface area (Å²) in [6, 6.07) is 17.4. The highest BCUT2D eigenvalue weighted by Crippen LogP contribution is 2.68. The van der Waals surface area contributed by atoms with Crippen molar-refractivity contribution in [1.82, 2.24) is 4.90 Å². The molecule has 2 aromatic carbocycles. The van der Waals surface area contributed by atoms with Crippen LogP contribution in [0.3, 0.4) is 0 Å². The standard InChI is InChI=1S/C29H37NO6SSi/c1-27(2,3)38(6,7)36-21-18-29(21)25(32)30-23(28(4,5)37(33,34)26(29)30)24(31)35-22(19-14-10-8-11-15-19)20-16-12-9-13-17-20/h8-17,21-23,26H,18H2,1-7H3/t21?,23-,26+,29+/m0/s1. The number of carbonyl (C=O) groups excluding carboxylic acids is 2. The van der Waals surface area contributed by atoms with E-state index in [1.54, 1.807) is 0 Å². The lowest BCUT2D eigenvalue weighted by atomic mass is 9.89. The van der Waals surface area contributed by atoms with Crippen molar-refractivity contribution in [3.63, 3.8) is 0 Å². The van der Waals surface area contributed by atoms with E-state index in [2.05, 4.69) is 33.9 Å². The number of esters is 1. The predicted octanol–water partition coefficient (Wildman–Crippen LogP) is 4.84. The molecule has 9 heteroatoms. The average Bonchev–Trinajstić information content (AvgIpc) is 3.53. The molecule has 1 saturated carbocycles. The fourth-order valence-electron chi connectivity index (χ4n) is 5.67. The van der Waals surface area contributed by atoms with Crippen LogP contribution >= 0.6 is 0 Å². The molecule has 2 saturated heterocycles. The van der Waals surface area contributed by atoms with Crippen LogP contribution in [0.5, 0.6) is 0 Å². The number of β-lactam (4-membered cyclic amide) rings is 1. The first-order valence-corrected chi connectivity index (χ1v) is 17.6. The molecule has 4 atom stereocenters. The van der Waals surface area contributed by atoms with Crippen molar-refractivity contribution in [3.05, 3.63) is 71.8 Å². The van der Waals surface area contributed by atoms with Crippen LogP contribution < -0.4 is 0 Å². The van der Waals surface area contributed by atoms with Crippen LogP contribution in [0.15, 0.2) is 60.7 Å². The van der Waals surface area contributed by atoms with E-state index in [9.17, 15) is 18.0 Å². The summed E-state index contributed by atoms with van der Waals surface area (Å²) in [6.07, 6.45) is -0.810. The lowest BCUT2D eigenvalue weighted by molar-refractivity contribution is -0.172. The Balaban J connectivity index is 1.45. The van der Waals surface area contributed by atoms with E-state index in [0.717, 1.165) is 11.1 Å². The Bertz CT molecular complexity index is 1330. The van der Waals surface area contributed by atoms with Gasteiger partial charge in [0.05, 0.1) is 10.9 Å². The summed E-state index contributed by atoms with van der Waals surface area (Å²) in [5.41, 5.74) is 0.427. The zero-order valence-corrected chi connectivity index (χ0v) is 24.9. The van der Waals surface area contributed by atoms with Gasteiger partial charge in [-0.2, -0.15) is 0 Å². The first kappa shape index (κ1) is 27.1. The molecule has 3 fully saturated rings. The quantitative estimate of drug-likeness (QED) is 0.288. The fraction of sp³-hybridized carbons (Fsp3) is 0.517. The Morgan fingerprint density at radius 2 is 1.50 bits per heavy atom. The highest BCUT2D eigenvalue weighted by Gasteiger charge is 2.86. The first-order valence-electron chi connectivity index (χ1n) is 13.1. The van der Waals surface area contributed by atoms with Crippen LogP contribution in [0.25, 0.3) is 0 Å². The molecule has 38 heavy (non-hydrogen) atoms. The van der Waals surface area contributed by atoms with Crippen LogP contribution in [0.2, 0.25) is 18.1 Å². The molecule has 2 heterocycles. The SMILES string of the molecule is CC(C)(C)[Si](C)(C)OC1C[C@]12C(=O)N1[C@@H](C(=O)OC(c3ccccc3)c3ccccc3)C(C)(C)S(=O)(=O)[C@@H]12. The van der Waals surface area contributed by atoms with Crippen molar-refractivity contribution in [2.75, 3.05) is 0 Å². The highest BCUT2D eigenvalue weighted by molar-refractivity contribution is 7.94. The van der Waals surface area contributed by atoms with Crippen molar-refractivity contribution in [2.24, 2.45) is 5.41 Å². The fourth-order valence-corrected chi connectivity index (χ4v) is 9.54.